The number of thioether (sulfide) groups is 1. The maximum atomic E-state index is 10.9. The smallest absolute Gasteiger partial charge is 0.341 e. The summed E-state index contributed by atoms with van der Waals surface area (Å²) in [7, 11) is 0. The Hall–Kier alpha value is -1.75. The number of carboxylic acids is 1. The maximum Gasteiger partial charge on any atom is 0.341 e. The topological polar surface area (TPSA) is 63.3 Å². The van der Waals surface area contributed by atoms with E-state index in [1.807, 2.05) is 30.5 Å². The molecule has 5 heteroatoms. The first kappa shape index (κ1) is 10.8. The summed E-state index contributed by atoms with van der Waals surface area (Å²) in [6.07, 6.45) is 3.14. The minimum atomic E-state index is -1.04. The molecule has 1 heterocycles. The van der Waals surface area contributed by atoms with Crippen LogP contribution in [0.15, 0.2) is 39.9 Å². The summed E-state index contributed by atoms with van der Waals surface area (Å²) in [6.45, 7) is 0. The second-order valence-corrected chi connectivity index (χ2v) is 3.92. The average Bonchev–Trinajstić information content (AvgIpc) is 2.77. The highest BCUT2D eigenvalue weighted by Crippen LogP contribution is 2.31. The predicted octanol–water partition coefficient (Wildman–Crippen LogP) is 2.76. The summed E-state index contributed by atoms with van der Waals surface area (Å²) >= 11 is 1.53. The van der Waals surface area contributed by atoms with E-state index in [2.05, 4.69) is 5.16 Å². The number of benzene rings is 1. The molecule has 0 amide bonds. The number of aromatic nitrogens is 1. The minimum absolute atomic E-state index is 0.0847. The Morgan fingerprint density at radius 1 is 1.44 bits per heavy atom. The predicted molar refractivity (Wildman–Crippen MR) is 60.7 cm³/mol. The molecule has 0 saturated carbocycles. The van der Waals surface area contributed by atoms with Gasteiger partial charge in [0.25, 0.3) is 0 Å². The van der Waals surface area contributed by atoms with Crippen LogP contribution in [0.1, 0.15) is 10.4 Å². The molecule has 82 valence electrons. The summed E-state index contributed by atoms with van der Waals surface area (Å²) < 4.78 is 5.01. The van der Waals surface area contributed by atoms with Crippen LogP contribution >= 0.6 is 11.8 Å². The second-order valence-electron chi connectivity index (χ2n) is 3.07. The molecule has 0 radical (unpaired) electrons. The van der Waals surface area contributed by atoms with Gasteiger partial charge in [0.1, 0.15) is 5.56 Å². The van der Waals surface area contributed by atoms with Gasteiger partial charge in [-0.1, -0.05) is 17.3 Å². The van der Waals surface area contributed by atoms with Crippen molar-refractivity contribution in [3.8, 4) is 11.3 Å². The minimum Gasteiger partial charge on any atom is -0.477 e. The number of hydrogen-bond acceptors (Lipinski definition) is 4. The summed E-state index contributed by atoms with van der Waals surface area (Å²) in [5, 5.41) is 12.5. The Bertz CT molecular complexity index is 521. The molecule has 0 bridgehead atoms. The highest BCUT2D eigenvalue weighted by Gasteiger charge is 2.18. The van der Waals surface area contributed by atoms with E-state index < -0.39 is 5.97 Å². The standard InChI is InChI=1S/C11H9NO3S/c1-16-9-5-3-2-4-7(9)10-8(11(13)14)6-12-15-10/h2-6H,1H3,(H,13,14). The lowest BCUT2D eigenvalue weighted by atomic mass is 10.1. The van der Waals surface area contributed by atoms with Crippen LogP contribution in [0.5, 0.6) is 0 Å². The van der Waals surface area contributed by atoms with Gasteiger partial charge in [-0.05, 0) is 18.4 Å². The van der Waals surface area contributed by atoms with E-state index in [9.17, 15) is 4.79 Å². The van der Waals surface area contributed by atoms with Crippen molar-refractivity contribution in [2.75, 3.05) is 6.26 Å². The lowest BCUT2D eigenvalue weighted by molar-refractivity contribution is 0.0697. The van der Waals surface area contributed by atoms with Gasteiger partial charge in [0, 0.05) is 10.5 Å². The van der Waals surface area contributed by atoms with E-state index in [-0.39, 0.29) is 5.56 Å². The van der Waals surface area contributed by atoms with Gasteiger partial charge in [-0.2, -0.15) is 0 Å². The fourth-order valence-electron chi connectivity index (χ4n) is 1.42. The van der Waals surface area contributed by atoms with E-state index in [0.29, 0.717) is 5.76 Å². The molecular formula is C11H9NO3S. The second kappa shape index (κ2) is 4.40. The quantitative estimate of drug-likeness (QED) is 0.829. The van der Waals surface area contributed by atoms with Crippen molar-refractivity contribution in [2.24, 2.45) is 0 Å². The van der Waals surface area contributed by atoms with Crippen LogP contribution in [0.2, 0.25) is 0 Å². The van der Waals surface area contributed by atoms with Crippen LogP contribution in [0.4, 0.5) is 0 Å². The average molecular weight is 235 g/mol. The van der Waals surface area contributed by atoms with E-state index in [0.717, 1.165) is 10.5 Å². The highest BCUT2D eigenvalue weighted by atomic mass is 32.2. The number of carbonyl (C=O) groups is 1. The molecule has 0 spiro atoms. The third kappa shape index (κ3) is 1.81. The molecule has 1 aromatic carbocycles. The largest absolute Gasteiger partial charge is 0.477 e. The fourth-order valence-corrected chi connectivity index (χ4v) is 2.01. The van der Waals surface area contributed by atoms with Crippen LogP contribution in [0.25, 0.3) is 11.3 Å². The monoisotopic (exact) mass is 235 g/mol. The molecule has 0 aliphatic carbocycles. The molecule has 0 fully saturated rings. The summed E-state index contributed by atoms with van der Waals surface area (Å²) in [4.78, 5) is 11.9. The zero-order chi connectivity index (χ0) is 11.5. The first-order chi connectivity index (χ1) is 7.74. The van der Waals surface area contributed by atoms with E-state index in [1.54, 1.807) is 0 Å². The molecule has 1 N–H and O–H groups in total. The van der Waals surface area contributed by atoms with Crippen molar-refractivity contribution in [1.29, 1.82) is 0 Å². The summed E-state index contributed by atoms with van der Waals surface area (Å²) in [6, 6.07) is 7.46. The van der Waals surface area contributed by atoms with E-state index >= 15 is 0 Å². The van der Waals surface area contributed by atoms with Crippen molar-refractivity contribution < 1.29 is 14.4 Å². The zero-order valence-corrected chi connectivity index (χ0v) is 9.32. The van der Waals surface area contributed by atoms with Gasteiger partial charge in [0.2, 0.25) is 0 Å². The van der Waals surface area contributed by atoms with Crippen LogP contribution in [-0.4, -0.2) is 22.5 Å². The molecule has 0 aliphatic heterocycles. The Morgan fingerprint density at radius 3 is 2.88 bits per heavy atom. The molecule has 0 aliphatic rings. The van der Waals surface area contributed by atoms with E-state index in [1.165, 1.54) is 18.0 Å². The Balaban J connectivity index is 2.58. The summed E-state index contributed by atoms with van der Waals surface area (Å²) in [5.41, 5.74) is 0.839. The number of rotatable bonds is 3. The highest BCUT2D eigenvalue weighted by molar-refractivity contribution is 7.98. The SMILES string of the molecule is CSc1ccccc1-c1oncc1C(=O)O. The van der Waals surface area contributed by atoms with E-state index in [4.69, 9.17) is 9.63 Å². The molecule has 2 rings (SSSR count). The third-order valence-electron chi connectivity index (χ3n) is 2.15. The van der Waals surface area contributed by atoms with Gasteiger partial charge in [0.05, 0.1) is 6.20 Å². The number of nitrogens with zero attached hydrogens (tertiary/aromatic N) is 1. The lowest BCUT2D eigenvalue weighted by Crippen LogP contribution is -1.96. The van der Waals surface area contributed by atoms with Gasteiger partial charge in [0.15, 0.2) is 5.76 Å². The van der Waals surface area contributed by atoms with Gasteiger partial charge in [-0.3, -0.25) is 0 Å². The number of carboxylic acid groups (broad SMARTS) is 1. The molecule has 4 nitrogen and oxygen atoms in total. The summed E-state index contributed by atoms with van der Waals surface area (Å²) in [5.74, 6) is -0.732. The van der Waals surface area contributed by atoms with Crippen molar-refractivity contribution in [1.82, 2.24) is 5.16 Å². The third-order valence-corrected chi connectivity index (χ3v) is 2.95. The molecule has 1 aromatic heterocycles. The Labute approximate surface area is 96.3 Å². The Morgan fingerprint density at radius 2 is 2.19 bits per heavy atom. The van der Waals surface area contributed by atoms with Crippen molar-refractivity contribution in [3.63, 3.8) is 0 Å². The molecule has 0 unspecified atom stereocenters. The van der Waals surface area contributed by atoms with Crippen LogP contribution in [0, 0.1) is 0 Å². The normalized spacial score (nSPS) is 10.3. The van der Waals surface area contributed by atoms with Crippen LogP contribution < -0.4 is 0 Å². The lowest BCUT2D eigenvalue weighted by Gasteiger charge is -2.03. The molecule has 0 saturated heterocycles. The van der Waals surface area contributed by atoms with Gasteiger partial charge in [-0.25, -0.2) is 4.79 Å². The maximum absolute atomic E-state index is 10.9. The van der Waals surface area contributed by atoms with Crippen molar-refractivity contribution >= 4 is 17.7 Å². The first-order valence-corrected chi connectivity index (χ1v) is 5.78. The molecule has 0 atom stereocenters. The fraction of sp³-hybridized carbons (Fsp3) is 0.0909. The van der Waals surface area contributed by atoms with Crippen LogP contribution in [-0.2, 0) is 0 Å². The van der Waals surface area contributed by atoms with Gasteiger partial charge in [-0.15, -0.1) is 11.8 Å². The van der Waals surface area contributed by atoms with Gasteiger partial charge < -0.3 is 9.63 Å². The number of aromatic carboxylic acids is 1. The van der Waals surface area contributed by atoms with Crippen molar-refractivity contribution in [2.45, 2.75) is 4.90 Å². The van der Waals surface area contributed by atoms with Gasteiger partial charge >= 0.3 is 5.97 Å². The van der Waals surface area contributed by atoms with Crippen LogP contribution in [0.3, 0.4) is 0 Å². The number of hydrogen-bond donors (Lipinski definition) is 1. The molecular weight excluding hydrogens is 226 g/mol. The molecule has 2 aromatic rings. The Kier molecular flexibility index (Phi) is 2.96. The first-order valence-electron chi connectivity index (χ1n) is 4.55. The zero-order valence-electron chi connectivity index (χ0n) is 8.51. The van der Waals surface area contributed by atoms with Crippen molar-refractivity contribution in [3.05, 3.63) is 36.0 Å². The molecule has 16 heavy (non-hydrogen) atoms.